The summed E-state index contributed by atoms with van der Waals surface area (Å²) in [5.74, 6) is -3.89. The van der Waals surface area contributed by atoms with Gasteiger partial charge in [-0.25, -0.2) is 5.01 Å². The van der Waals surface area contributed by atoms with Crippen molar-refractivity contribution in [1.82, 2.24) is 10.0 Å². The SMILES string of the molecule is O=C(c1ccc(Cl)cc1)[C@H](CCCl)N(C(=O)c1ccc(Cl)cc1Cl)N1C(=O)c2c(Cl)c(Cl)c(Cl)c(Cl)c2C1=O. The molecule has 0 fully saturated rings. The first kappa shape index (κ1) is 30.2. The predicted octanol–water partition coefficient (Wildman–Crippen LogP) is 8.79. The molecule has 0 spiro atoms. The van der Waals surface area contributed by atoms with Crippen molar-refractivity contribution in [2.24, 2.45) is 0 Å². The molecule has 6 nitrogen and oxygen atoms in total. The zero-order valence-corrected chi connectivity index (χ0v) is 25.1. The number of alkyl halides is 1. The number of hydrazine groups is 1. The average molecular weight is 688 g/mol. The molecule has 14 heteroatoms. The van der Waals surface area contributed by atoms with Crippen LogP contribution in [0.5, 0.6) is 0 Å². The summed E-state index contributed by atoms with van der Waals surface area (Å²) in [5, 5.41) is 0.409. The van der Waals surface area contributed by atoms with E-state index >= 15 is 0 Å². The molecule has 1 atom stereocenters. The Bertz CT molecular complexity index is 1500. The predicted molar refractivity (Wildman–Crippen MR) is 155 cm³/mol. The van der Waals surface area contributed by atoms with E-state index in [4.69, 9.17) is 92.8 Å². The number of ketones is 1. The Morgan fingerprint density at radius 2 is 1.26 bits per heavy atom. The number of rotatable bonds is 7. The van der Waals surface area contributed by atoms with Crippen molar-refractivity contribution in [3.8, 4) is 0 Å². The second-order valence-electron chi connectivity index (χ2n) is 8.07. The smallest absolute Gasteiger partial charge is 0.282 e. The van der Waals surface area contributed by atoms with Crippen molar-refractivity contribution < 1.29 is 19.2 Å². The number of halogens is 8. The molecular formula is C25H12Cl8N2O4. The van der Waals surface area contributed by atoms with Gasteiger partial charge in [0.15, 0.2) is 5.78 Å². The van der Waals surface area contributed by atoms with Crippen LogP contribution < -0.4 is 0 Å². The number of fused-ring (bicyclic) bond motifs is 1. The van der Waals surface area contributed by atoms with Gasteiger partial charge in [0.05, 0.1) is 41.8 Å². The highest BCUT2D eigenvalue weighted by Crippen LogP contribution is 2.45. The first-order chi connectivity index (χ1) is 18.4. The van der Waals surface area contributed by atoms with Crippen molar-refractivity contribution in [2.75, 3.05) is 5.88 Å². The molecule has 0 aromatic heterocycles. The first-order valence-electron chi connectivity index (χ1n) is 10.8. The molecule has 0 bridgehead atoms. The minimum Gasteiger partial charge on any atom is -0.292 e. The first-order valence-corrected chi connectivity index (χ1v) is 14.0. The number of hydrogen-bond acceptors (Lipinski definition) is 4. The lowest BCUT2D eigenvalue weighted by Crippen LogP contribution is -2.57. The van der Waals surface area contributed by atoms with E-state index in [-0.39, 0.29) is 64.7 Å². The van der Waals surface area contributed by atoms with Crippen molar-refractivity contribution in [1.29, 1.82) is 0 Å². The molecule has 1 aliphatic heterocycles. The largest absolute Gasteiger partial charge is 0.292 e. The molecule has 3 aromatic carbocycles. The van der Waals surface area contributed by atoms with Gasteiger partial charge in [0.1, 0.15) is 6.04 Å². The zero-order chi connectivity index (χ0) is 28.8. The van der Waals surface area contributed by atoms with Crippen LogP contribution >= 0.6 is 92.8 Å². The average Bonchev–Trinajstić information content (AvgIpc) is 3.15. The molecule has 4 rings (SSSR count). The van der Waals surface area contributed by atoms with E-state index in [9.17, 15) is 19.2 Å². The zero-order valence-electron chi connectivity index (χ0n) is 19.1. The molecular weight excluding hydrogens is 676 g/mol. The molecule has 0 aliphatic carbocycles. The summed E-state index contributed by atoms with van der Waals surface area (Å²) in [6, 6.07) is 8.30. The van der Waals surface area contributed by atoms with Gasteiger partial charge in [-0.15, -0.1) is 11.6 Å². The minimum absolute atomic E-state index is 0.0974. The second kappa shape index (κ2) is 12.0. The van der Waals surface area contributed by atoms with Crippen molar-refractivity contribution >= 4 is 116 Å². The van der Waals surface area contributed by atoms with Gasteiger partial charge in [0.25, 0.3) is 17.7 Å². The van der Waals surface area contributed by atoms with Crippen LogP contribution in [0.4, 0.5) is 0 Å². The van der Waals surface area contributed by atoms with Crippen molar-refractivity contribution in [3.05, 3.63) is 99.9 Å². The lowest BCUT2D eigenvalue weighted by atomic mass is 10.0. The van der Waals surface area contributed by atoms with E-state index in [1.165, 1.54) is 42.5 Å². The fourth-order valence-corrected chi connectivity index (χ4v) is 5.80. The molecule has 0 radical (unpaired) electrons. The maximum Gasteiger partial charge on any atom is 0.282 e. The third-order valence-corrected chi connectivity index (χ3v) is 8.59. The number of hydrogen-bond donors (Lipinski definition) is 0. The third-order valence-electron chi connectivity index (χ3n) is 5.77. The number of amides is 3. The standard InChI is InChI=1S/C25H12Cl8N2O4/c26-8-7-15(22(36)10-1-3-11(27)4-2-10)34(23(37)13-6-5-12(28)9-14(13)29)35-24(38)16-17(25(35)39)19(31)21(33)20(32)18(16)30/h1-6,9,15H,7-8H2/t15-/m0/s1. The molecule has 1 heterocycles. The summed E-state index contributed by atoms with van der Waals surface area (Å²) in [6.07, 6.45) is -0.170. The van der Waals surface area contributed by atoms with Gasteiger partial charge in [-0.3, -0.25) is 19.2 Å². The van der Waals surface area contributed by atoms with E-state index in [0.717, 1.165) is 0 Å². The molecule has 1 aliphatic rings. The maximum absolute atomic E-state index is 14.0. The van der Waals surface area contributed by atoms with Crippen LogP contribution in [0.15, 0.2) is 42.5 Å². The fraction of sp³-hybridized carbons (Fsp3) is 0.120. The minimum atomic E-state index is -1.46. The quantitative estimate of drug-likeness (QED) is 0.0818. The molecule has 0 saturated carbocycles. The number of carbonyl (C=O) groups excluding carboxylic acids is 4. The van der Waals surface area contributed by atoms with Crippen LogP contribution in [0, 0.1) is 0 Å². The molecule has 3 amide bonds. The van der Waals surface area contributed by atoms with E-state index in [2.05, 4.69) is 0 Å². The molecule has 0 N–H and O–H groups in total. The molecule has 0 unspecified atom stereocenters. The van der Waals surface area contributed by atoms with E-state index in [1.54, 1.807) is 0 Å². The summed E-state index contributed by atoms with van der Waals surface area (Å²) in [5.41, 5.74) is -0.795. The Labute approximate surface area is 262 Å². The Hall–Kier alpha value is -1.74. The molecule has 202 valence electrons. The second-order valence-corrected chi connectivity index (χ2v) is 11.2. The van der Waals surface area contributed by atoms with Gasteiger partial charge in [-0.05, 0) is 48.9 Å². The number of nitrogens with zero attached hydrogens (tertiary/aromatic N) is 2. The number of benzene rings is 3. The third kappa shape index (κ3) is 5.46. The lowest BCUT2D eigenvalue weighted by Gasteiger charge is -2.36. The van der Waals surface area contributed by atoms with Gasteiger partial charge in [-0.1, -0.05) is 81.2 Å². The van der Waals surface area contributed by atoms with Crippen molar-refractivity contribution in [2.45, 2.75) is 12.5 Å². The van der Waals surface area contributed by atoms with E-state index in [0.29, 0.717) is 15.0 Å². The monoisotopic (exact) mass is 684 g/mol. The van der Waals surface area contributed by atoms with Crippen molar-refractivity contribution in [3.63, 3.8) is 0 Å². The van der Waals surface area contributed by atoms with Gasteiger partial charge >= 0.3 is 0 Å². The van der Waals surface area contributed by atoms with Crippen LogP contribution in [0.1, 0.15) is 47.9 Å². The highest BCUT2D eigenvalue weighted by atomic mass is 35.5. The summed E-state index contributed by atoms with van der Waals surface area (Å²) in [4.78, 5) is 55.2. The van der Waals surface area contributed by atoms with Gasteiger partial charge < -0.3 is 0 Å². The van der Waals surface area contributed by atoms with Crippen LogP contribution in [0.2, 0.25) is 35.2 Å². The highest BCUT2D eigenvalue weighted by molar-refractivity contribution is 6.55. The highest BCUT2D eigenvalue weighted by Gasteiger charge is 2.49. The van der Waals surface area contributed by atoms with Crippen LogP contribution in [-0.4, -0.2) is 45.4 Å². The fourth-order valence-electron chi connectivity index (χ4n) is 3.97. The molecule has 0 saturated heterocycles. The summed E-state index contributed by atoms with van der Waals surface area (Å²) in [6.45, 7) is 0. The molecule has 39 heavy (non-hydrogen) atoms. The van der Waals surface area contributed by atoms with E-state index in [1.807, 2.05) is 0 Å². The summed E-state index contributed by atoms with van der Waals surface area (Å²) < 4.78 is 0. The normalized spacial score (nSPS) is 13.5. The lowest BCUT2D eigenvalue weighted by molar-refractivity contribution is -0.00959. The topological polar surface area (TPSA) is 74.8 Å². The van der Waals surface area contributed by atoms with Crippen LogP contribution in [0.3, 0.4) is 0 Å². The van der Waals surface area contributed by atoms with E-state index < -0.39 is 29.5 Å². The molecule has 3 aromatic rings. The number of Topliss-reactive ketones (excluding diaryl/α,β-unsaturated/α-hetero) is 1. The Morgan fingerprint density at radius 1 is 0.744 bits per heavy atom. The maximum atomic E-state index is 14.0. The number of carbonyl (C=O) groups is 4. The van der Waals surface area contributed by atoms with Gasteiger partial charge in [0, 0.05) is 21.5 Å². The summed E-state index contributed by atoms with van der Waals surface area (Å²) in [7, 11) is 0. The summed E-state index contributed by atoms with van der Waals surface area (Å²) >= 11 is 49.1. The van der Waals surface area contributed by atoms with Crippen LogP contribution in [-0.2, 0) is 0 Å². The van der Waals surface area contributed by atoms with Gasteiger partial charge in [-0.2, -0.15) is 5.01 Å². The Balaban J connectivity index is 1.94. The Kier molecular flexibility index (Phi) is 9.31. The van der Waals surface area contributed by atoms with Crippen LogP contribution in [0.25, 0.3) is 0 Å². The van der Waals surface area contributed by atoms with Gasteiger partial charge in [0.2, 0.25) is 0 Å². The Morgan fingerprint density at radius 3 is 1.74 bits per heavy atom. The number of imide groups is 1.